The molecule has 0 bridgehead atoms. The first-order valence-electron chi connectivity index (χ1n) is 28.3. The lowest BCUT2D eigenvalue weighted by atomic mass is 10.0. The van der Waals surface area contributed by atoms with E-state index in [0.717, 1.165) is 39.1 Å². The molecule has 0 amide bonds. The van der Waals surface area contributed by atoms with E-state index in [1.807, 2.05) is 0 Å². The Hall–Kier alpha value is 0.420. The van der Waals surface area contributed by atoms with Crippen LogP contribution in [-0.2, 0) is 18.1 Å². The summed E-state index contributed by atoms with van der Waals surface area (Å²) in [5.74, 6) is 0. The minimum atomic E-state index is -4.64. The maximum Gasteiger partial charge on any atom is 0.466 e. The molecule has 0 heterocycles. The standard InChI is InChI=1S/C54H111O3P.H3O4P/c1-4-7-10-13-16-19-22-25-28-31-34-37-40-43-46-49-52-55-58(56-53-50-47-44-41-38-35-32-29-26-23-20-17-14-11-8-5-2)57-54-51-48-45-42-39-36-33-30-27-24-21-18-15-12-9-6-3;1-5(2,3)4/h4-54H2,1-3H3;(H3,1,2,3,4). The molecule has 0 radical (unpaired) electrons. The number of unbranched alkanes of at least 4 members (excludes halogenated alkanes) is 45. The molecule has 0 saturated heterocycles. The minimum Gasteiger partial charge on any atom is -0.312 e. The predicted molar refractivity (Wildman–Crippen MR) is 278 cm³/mol. The fourth-order valence-electron chi connectivity index (χ4n) is 8.48. The van der Waals surface area contributed by atoms with Gasteiger partial charge in [-0.05, 0) is 19.3 Å². The van der Waals surface area contributed by atoms with E-state index in [1.54, 1.807) is 0 Å². The summed E-state index contributed by atoms with van der Waals surface area (Å²) in [5.41, 5.74) is 0. The summed E-state index contributed by atoms with van der Waals surface area (Å²) in [6, 6.07) is 0. The van der Waals surface area contributed by atoms with Crippen LogP contribution in [0.1, 0.15) is 329 Å². The van der Waals surface area contributed by atoms with Crippen LogP contribution in [0.2, 0.25) is 0 Å². The second-order valence-electron chi connectivity index (χ2n) is 19.1. The Morgan fingerprint density at radius 2 is 0.365 bits per heavy atom. The number of hydrogen-bond donors (Lipinski definition) is 3. The zero-order valence-corrected chi connectivity index (χ0v) is 44.7. The molecule has 0 rings (SSSR count). The molecule has 0 saturated carbocycles. The topological polar surface area (TPSA) is 105 Å². The zero-order chi connectivity index (χ0) is 46.3. The van der Waals surface area contributed by atoms with Crippen LogP contribution in [-0.4, -0.2) is 34.5 Å². The van der Waals surface area contributed by atoms with Crippen LogP contribution in [0.4, 0.5) is 0 Å². The van der Waals surface area contributed by atoms with Crippen molar-refractivity contribution < 1.29 is 32.8 Å². The maximum absolute atomic E-state index is 8.88. The van der Waals surface area contributed by atoms with Gasteiger partial charge in [0.25, 0.3) is 0 Å². The smallest absolute Gasteiger partial charge is 0.312 e. The van der Waals surface area contributed by atoms with E-state index in [2.05, 4.69) is 20.8 Å². The molecule has 0 fully saturated rings. The lowest BCUT2D eigenvalue weighted by Crippen LogP contribution is -2.00. The second kappa shape index (κ2) is 58.5. The molecular weight excluding hydrogens is 823 g/mol. The van der Waals surface area contributed by atoms with Gasteiger partial charge in [0.15, 0.2) is 0 Å². The van der Waals surface area contributed by atoms with Crippen molar-refractivity contribution in [1.29, 1.82) is 0 Å². The molecule has 0 aliphatic carbocycles. The van der Waals surface area contributed by atoms with Crippen molar-refractivity contribution >= 4 is 16.4 Å². The molecule has 382 valence electrons. The Morgan fingerprint density at radius 1 is 0.254 bits per heavy atom. The Kier molecular flexibility index (Phi) is 60.9. The summed E-state index contributed by atoms with van der Waals surface area (Å²) < 4.78 is 27.6. The Morgan fingerprint density at radius 3 is 0.492 bits per heavy atom. The van der Waals surface area contributed by atoms with Crippen molar-refractivity contribution in [3.63, 3.8) is 0 Å². The average molecular weight is 937 g/mol. The van der Waals surface area contributed by atoms with Crippen LogP contribution in [0, 0.1) is 0 Å². The van der Waals surface area contributed by atoms with Gasteiger partial charge in [0, 0.05) is 0 Å². The summed E-state index contributed by atoms with van der Waals surface area (Å²) >= 11 is 0. The van der Waals surface area contributed by atoms with Gasteiger partial charge in [-0.2, -0.15) is 0 Å². The molecule has 0 aromatic rings. The minimum absolute atomic E-state index is 0.794. The van der Waals surface area contributed by atoms with Crippen LogP contribution in [0.3, 0.4) is 0 Å². The van der Waals surface area contributed by atoms with E-state index < -0.39 is 16.4 Å². The van der Waals surface area contributed by atoms with Crippen molar-refractivity contribution in [3.8, 4) is 0 Å². The maximum atomic E-state index is 8.88. The monoisotopic (exact) mass is 937 g/mol. The first kappa shape index (κ1) is 65.5. The molecule has 3 N–H and O–H groups in total. The third-order valence-electron chi connectivity index (χ3n) is 12.6. The normalized spacial score (nSPS) is 11.8. The first-order chi connectivity index (χ1) is 30.8. The predicted octanol–water partition coefficient (Wildman–Crippen LogP) is 20.1. The highest BCUT2D eigenvalue weighted by molar-refractivity contribution is 7.45. The molecular formula is C54H114O7P2. The summed E-state index contributed by atoms with van der Waals surface area (Å²) in [7, 11) is -5.83. The molecule has 7 nitrogen and oxygen atoms in total. The van der Waals surface area contributed by atoms with Gasteiger partial charge in [-0.3, -0.25) is 0 Å². The lowest BCUT2D eigenvalue weighted by Gasteiger charge is -2.17. The van der Waals surface area contributed by atoms with Crippen LogP contribution in [0.25, 0.3) is 0 Å². The quantitative estimate of drug-likeness (QED) is 0.0412. The van der Waals surface area contributed by atoms with E-state index in [-0.39, 0.29) is 0 Å². The van der Waals surface area contributed by atoms with Crippen molar-refractivity contribution in [2.24, 2.45) is 0 Å². The highest BCUT2D eigenvalue weighted by Crippen LogP contribution is 2.40. The van der Waals surface area contributed by atoms with Gasteiger partial charge in [-0.1, -0.05) is 310 Å². The van der Waals surface area contributed by atoms with Crippen molar-refractivity contribution in [2.75, 3.05) is 19.8 Å². The molecule has 0 unspecified atom stereocenters. The summed E-state index contributed by atoms with van der Waals surface area (Å²) in [6.45, 7) is 9.30. The average Bonchev–Trinajstić information content (AvgIpc) is 3.26. The number of hydrogen-bond acceptors (Lipinski definition) is 4. The van der Waals surface area contributed by atoms with Crippen LogP contribution in [0.5, 0.6) is 0 Å². The first-order valence-corrected chi connectivity index (χ1v) is 31.0. The van der Waals surface area contributed by atoms with E-state index >= 15 is 0 Å². The SMILES string of the molecule is CCCCCCCCCCCCCCCCCCOP(OCCCCCCCCCCCCCCCCCC)OCCCCCCCCCCCCCCCCCC.O=P(O)(O)O. The molecule has 0 aromatic heterocycles. The lowest BCUT2D eigenvalue weighted by molar-refractivity contribution is 0.153. The fourth-order valence-corrected chi connectivity index (χ4v) is 9.54. The third kappa shape index (κ3) is 69.1. The summed E-state index contributed by atoms with van der Waals surface area (Å²) in [6.07, 6.45) is 67.2. The molecule has 0 aliphatic rings. The number of phosphoric acid groups is 1. The largest absolute Gasteiger partial charge is 0.466 e. The van der Waals surface area contributed by atoms with Crippen LogP contribution in [0.15, 0.2) is 0 Å². The van der Waals surface area contributed by atoms with Crippen molar-refractivity contribution in [1.82, 2.24) is 0 Å². The van der Waals surface area contributed by atoms with Gasteiger partial charge in [-0.15, -0.1) is 0 Å². The molecule has 0 spiro atoms. The molecule has 9 heteroatoms. The molecule has 63 heavy (non-hydrogen) atoms. The van der Waals surface area contributed by atoms with Crippen LogP contribution < -0.4 is 0 Å². The Balaban J connectivity index is 0. The van der Waals surface area contributed by atoms with Gasteiger partial charge in [-0.25, -0.2) is 4.57 Å². The highest BCUT2D eigenvalue weighted by atomic mass is 31.2. The van der Waals surface area contributed by atoms with Crippen LogP contribution >= 0.6 is 16.4 Å². The van der Waals surface area contributed by atoms with E-state index in [0.29, 0.717) is 0 Å². The molecule has 0 aliphatic heterocycles. The Bertz CT molecular complexity index is 746. The highest BCUT2D eigenvalue weighted by Gasteiger charge is 2.12. The van der Waals surface area contributed by atoms with Gasteiger partial charge >= 0.3 is 16.4 Å². The zero-order valence-electron chi connectivity index (χ0n) is 42.9. The summed E-state index contributed by atoms with van der Waals surface area (Å²) in [4.78, 5) is 21.6. The van der Waals surface area contributed by atoms with E-state index in [9.17, 15) is 0 Å². The van der Waals surface area contributed by atoms with Crippen molar-refractivity contribution in [2.45, 2.75) is 329 Å². The second-order valence-corrected chi connectivity index (χ2v) is 21.4. The van der Waals surface area contributed by atoms with E-state index in [1.165, 1.54) is 289 Å². The number of rotatable bonds is 54. The fraction of sp³-hybridized carbons (Fsp3) is 1.00. The third-order valence-corrected chi connectivity index (χ3v) is 13.8. The molecule has 0 aromatic carbocycles. The van der Waals surface area contributed by atoms with Gasteiger partial charge < -0.3 is 28.3 Å². The molecule has 0 atom stereocenters. The van der Waals surface area contributed by atoms with Gasteiger partial charge in [0.2, 0.25) is 0 Å². The van der Waals surface area contributed by atoms with Gasteiger partial charge in [0.1, 0.15) is 0 Å². The Labute approximate surface area is 396 Å². The van der Waals surface area contributed by atoms with Gasteiger partial charge in [0.05, 0.1) is 19.8 Å². The van der Waals surface area contributed by atoms with E-state index in [4.69, 9.17) is 32.8 Å². The van der Waals surface area contributed by atoms with Crippen molar-refractivity contribution in [3.05, 3.63) is 0 Å². The summed E-state index contributed by atoms with van der Waals surface area (Å²) in [5, 5.41) is 0.